The van der Waals surface area contributed by atoms with Crippen molar-refractivity contribution in [2.45, 2.75) is 62.3 Å². The van der Waals surface area contributed by atoms with Crippen molar-refractivity contribution in [1.82, 2.24) is 4.90 Å². The monoisotopic (exact) mass is 400 g/mol. The number of carbonyl (C=O) groups excluding carboxylic acids is 1. The highest BCUT2D eigenvalue weighted by Gasteiger charge is 2.54. The Kier molecular flexibility index (Phi) is 4.79. The molecule has 4 fully saturated rings. The third-order valence-electron chi connectivity index (χ3n) is 6.17. The highest BCUT2D eigenvalue weighted by atomic mass is 32.2. The molecule has 9 heteroatoms. The number of nitrogens with zero attached hydrogens (tertiary/aromatic N) is 2. The minimum atomic E-state index is -3.02. The second-order valence-electron chi connectivity index (χ2n) is 7.99. The summed E-state index contributed by atoms with van der Waals surface area (Å²) in [6, 6.07) is 0.232. The standard InChI is InChI=1S/C17H24N2O5S2/c20-15(2-1-3-16(21)22)18-17-19(12-7-10-4-5-11(12)6-10)13-8-26(23,24)9-14(13)25-17/h10-14H,1-9H2,(H,21,22)/t10-,11-,12+,13-,14+/m1/s1. The van der Waals surface area contributed by atoms with Gasteiger partial charge in [0.25, 0.3) is 0 Å². The molecule has 4 rings (SSSR count). The molecule has 4 aliphatic rings. The number of aliphatic carboxylic acids is 1. The van der Waals surface area contributed by atoms with E-state index < -0.39 is 15.8 Å². The number of amides is 1. The number of amidine groups is 1. The Hall–Kier alpha value is -1.09. The summed E-state index contributed by atoms with van der Waals surface area (Å²) in [6.07, 6.45) is 5.08. The number of hydrogen-bond acceptors (Lipinski definition) is 5. The molecule has 2 saturated heterocycles. The molecule has 0 aromatic carbocycles. The molecule has 26 heavy (non-hydrogen) atoms. The summed E-state index contributed by atoms with van der Waals surface area (Å²) in [5.41, 5.74) is 0. The van der Waals surface area contributed by atoms with Gasteiger partial charge < -0.3 is 10.0 Å². The van der Waals surface area contributed by atoms with Crippen LogP contribution in [0.2, 0.25) is 0 Å². The van der Waals surface area contributed by atoms with Crippen molar-refractivity contribution in [2.24, 2.45) is 16.8 Å². The van der Waals surface area contributed by atoms with Gasteiger partial charge in [0.15, 0.2) is 15.0 Å². The maximum absolute atomic E-state index is 12.2. The molecule has 0 spiro atoms. The van der Waals surface area contributed by atoms with Crippen LogP contribution in [0.3, 0.4) is 0 Å². The van der Waals surface area contributed by atoms with E-state index in [1.54, 1.807) is 0 Å². The average molecular weight is 401 g/mol. The number of hydrogen-bond donors (Lipinski definition) is 1. The third kappa shape index (κ3) is 3.52. The fourth-order valence-electron chi connectivity index (χ4n) is 5.08. The SMILES string of the molecule is O=C(O)CCCC(=O)N=C1S[C@H]2CS(=O)(=O)C[C@H]2N1[C@H]1C[C@@H]2CC[C@@H]1C2. The lowest BCUT2D eigenvalue weighted by atomic mass is 9.93. The highest BCUT2D eigenvalue weighted by molar-refractivity contribution is 8.15. The van der Waals surface area contributed by atoms with Crippen molar-refractivity contribution in [2.75, 3.05) is 11.5 Å². The normalized spacial score (nSPS) is 38.8. The zero-order valence-electron chi connectivity index (χ0n) is 14.5. The molecule has 0 aromatic rings. The minimum absolute atomic E-state index is 0.0373. The van der Waals surface area contributed by atoms with Crippen molar-refractivity contribution in [3.8, 4) is 0 Å². The number of carboxylic acid groups (broad SMARTS) is 1. The first-order chi connectivity index (χ1) is 12.3. The van der Waals surface area contributed by atoms with Crippen LogP contribution in [-0.4, -0.2) is 64.3 Å². The average Bonchev–Trinajstić information content (AvgIpc) is 3.26. The van der Waals surface area contributed by atoms with E-state index in [2.05, 4.69) is 9.89 Å². The summed E-state index contributed by atoms with van der Waals surface area (Å²) in [7, 11) is -3.02. The quantitative estimate of drug-likeness (QED) is 0.746. The van der Waals surface area contributed by atoms with E-state index in [-0.39, 0.29) is 48.0 Å². The molecular formula is C17H24N2O5S2. The topological polar surface area (TPSA) is 104 Å². The summed E-state index contributed by atoms with van der Waals surface area (Å²) in [6.45, 7) is 0. The molecule has 2 aliphatic carbocycles. The van der Waals surface area contributed by atoms with Crippen molar-refractivity contribution in [3.63, 3.8) is 0 Å². The van der Waals surface area contributed by atoms with Crippen LogP contribution < -0.4 is 0 Å². The summed E-state index contributed by atoms with van der Waals surface area (Å²) in [5.74, 6) is 0.403. The third-order valence-corrected chi connectivity index (χ3v) is 9.39. The Morgan fingerprint density at radius 3 is 2.62 bits per heavy atom. The first-order valence-electron chi connectivity index (χ1n) is 9.31. The van der Waals surface area contributed by atoms with Crippen molar-refractivity contribution < 1.29 is 23.1 Å². The summed E-state index contributed by atoms with van der Waals surface area (Å²) in [5, 5.41) is 9.33. The van der Waals surface area contributed by atoms with E-state index in [0.717, 1.165) is 12.3 Å². The van der Waals surface area contributed by atoms with Crippen LogP contribution >= 0.6 is 11.8 Å². The number of thioether (sulfide) groups is 1. The minimum Gasteiger partial charge on any atom is -0.481 e. The van der Waals surface area contributed by atoms with Crippen LogP contribution in [0.5, 0.6) is 0 Å². The molecule has 7 nitrogen and oxygen atoms in total. The molecule has 2 bridgehead atoms. The molecule has 0 unspecified atom stereocenters. The Morgan fingerprint density at radius 2 is 1.96 bits per heavy atom. The highest BCUT2D eigenvalue weighted by Crippen LogP contribution is 2.51. The van der Waals surface area contributed by atoms with Crippen LogP contribution in [0, 0.1) is 11.8 Å². The van der Waals surface area contributed by atoms with Gasteiger partial charge in [0.1, 0.15) is 0 Å². The molecule has 5 atom stereocenters. The van der Waals surface area contributed by atoms with Gasteiger partial charge in [0, 0.05) is 24.1 Å². The summed E-state index contributed by atoms with van der Waals surface area (Å²) in [4.78, 5) is 29.3. The van der Waals surface area contributed by atoms with Crippen LogP contribution in [0.4, 0.5) is 0 Å². The largest absolute Gasteiger partial charge is 0.481 e. The zero-order valence-corrected chi connectivity index (χ0v) is 16.2. The van der Waals surface area contributed by atoms with Crippen LogP contribution in [-0.2, 0) is 19.4 Å². The lowest BCUT2D eigenvalue weighted by molar-refractivity contribution is -0.137. The van der Waals surface area contributed by atoms with Gasteiger partial charge in [-0.2, -0.15) is 4.99 Å². The maximum Gasteiger partial charge on any atom is 0.303 e. The van der Waals surface area contributed by atoms with E-state index >= 15 is 0 Å². The Balaban J connectivity index is 1.52. The van der Waals surface area contributed by atoms with Crippen molar-refractivity contribution in [1.29, 1.82) is 0 Å². The fraction of sp³-hybridized carbons (Fsp3) is 0.824. The molecule has 2 saturated carbocycles. The number of sulfone groups is 1. The number of carboxylic acids is 1. The van der Waals surface area contributed by atoms with Crippen LogP contribution in [0.15, 0.2) is 4.99 Å². The molecule has 1 amide bonds. The van der Waals surface area contributed by atoms with Gasteiger partial charge in [-0.05, 0) is 37.5 Å². The van der Waals surface area contributed by atoms with Gasteiger partial charge in [-0.1, -0.05) is 18.2 Å². The lowest BCUT2D eigenvalue weighted by Gasteiger charge is -2.36. The Morgan fingerprint density at radius 1 is 1.15 bits per heavy atom. The van der Waals surface area contributed by atoms with Gasteiger partial charge in [0.05, 0.1) is 17.5 Å². The molecular weight excluding hydrogens is 376 g/mol. The Labute approximate surface area is 157 Å². The molecule has 2 aliphatic heterocycles. The molecule has 1 N–H and O–H groups in total. The van der Waals surface area contributed by atoms with Gasteiger partial charge >= 0.3 is 5.97 Å². The first kappa shape index (κ1) is 18.3. The number of aliphatic imine (C=N–C) groups is 1. The summed E-state index contributed by atoms with van der Waals surface area (Å²) >= 11 is 1.43. The van der Waals surface area contributed by atoms with Gasteiger partial charge in [0.2, 0.25) is 5.91 Å². The van der Waals surface area contributed by atoms with E-state index in [4.69, 9.17) is 5.11 Å². The number of carbonyl (C=O) groups is 2. The van der Waals surface area contributed by atoms with E-state index in [1.807, 2.05) is 0 Å². The Bertz CT molecular complexity index is 750. The van der Waals surface area contributed by atoms with E-state index in [0.29, 0.717) is 17.1 Å². The van der Waals surface area contributed by atoms with Crippen LogP contribution in [0.25, 0.3) is 0 Å². The smallest absolute Gasteiger partial charge is 0.303 e. The fourth-order valence-corrected chi connectivity index (χ4v) is 9.07. The lowest BCUT2D eigenvalue weighted by Crippen LogP contribution is -2.47. The van der Waals surface area contributed by atoms with Gasteiger partial charge in [-0.25, -0.2) is 8.42 Å². The summed E-state index contributed by atoms with van der Waals surface area (Å²) < 4.78 is 24.2. The molecule has 2 heterocycles. The zero-order chi connectivity index (χ0) is 18.5. The second-order valence-corrected chi connectivity index (χ2v) is 11.3. The second kappa shape index (κ2) is 6.82. The van der Waals surface area contributed by atoms with E-state index in [9.17, 15) is 18.0 Å². The predicted molar refractivity (Wildman–Crippen MR) is 98.8 cm³/mol. The van der Waals surface area contributed by atoms with Gasteiger partial charge in [-0.15, -0.1) is 0 Å². The molecule has 0 aromatic heterocycles. The van der Waals surface area contributed by atoms with Gasteiger partial charge in [-0.3, -0.25) is 9.59 Å². The van der Waals surface area contributed by atoms with E-state index in [1.165, 1.54) is 31.0 Å². The predicted octanol–water partition coefficient (Wildman–Crippen LogP) is 1.53. The first-order valence-corrected chi connectivity index (χ1v) is 12.0. The van der Waals surface area contributed by atoms with Crippen LogP contribution in [0.1, 0.15) is 44.9 Å². The number of fused-ring (bicyclic) bond motifs is 3. The molecule has 0 radical (unpaired) electrons. The van der Waals surface area contributed by atoms with Crippen molar-refractivity contribution in [3.05, 3.63) is 0 Å². The molecule has 144 valence electrons. The van der Waals surface area contributed by atoms with Crippen molar-refractivity contribution >= 4 is 38.6 Å². The maximum atomic E-state index is 12.2. The number of rotatable bonds is 5.